The van der Waals surface area contributed by atoms with Crippen LogP contribution in [0, 0.1) is 5.92 Å². The number of nitrogens with zero attached hydrogens (tertiary/aromatic N) is 1. The molecule has 1 amide bonds. The molecule has 2 aromatic carbocycles. The molecule has 21 heavy (non-hydrogen) atoms. The molecule has 0 spiro atoms. The molecule has 2 atom stereocenters. The van der Waals surface area contributed by atoms with Crippen LogP contribution in [-0.2, 0) is 0 Å². The van der Waals surface area contributed by atoms with E-state index < -0.39 is 0 Å². The van der Waals surface area contributed by atoms with Crippen molar-refractivity contribution in [3.63, 3.8) is 0 Å². The lowest BCUT2D eigenvalue weighted by atomic mass is 9.89. The molecule has 3 nitrogen and oxygen atoms in total. The van der Waals surface area contributed by atoms with Gasteiger partial charge < -0.3 is 10.6 Å². The van der Waals surface area contributed by atoms with Crippen molar-refractivity contribution in [1.82, 2.24) is 4.90 Å². The Bertz CT molecular complexity index is 597. The van der Waals surface area contributed by atoms with E-state index in [2.05, 4.69) is 12.1 Å². The van der Waals surface area contributed by atoms with Crippen LogP contribution in [0.2, 0.25) is 0 Å². The Balaban J connectivity index is 1.80. The largest absolute Gasteiger partial charge is 0.338 e. The van der Waals surface area contributed by atoms with E-state index in [9.17, 15) is 4.79 Å². The molecule has 1 fully saturated rings. The first-order chi connectivity index (χ1) is 10.3. The van der Waals surface area contributed by atoms with Gasteiger partial charge in [-0.15, -0.1) is 0 Å². The molecule has 3 heteroatoms. The van der Waals surface area contributed by atoms with Gasteiger partial charge in [0.15, 0.2) is 0 Å². The second kappa shape index (κ2) is 6.10. The van der Waals surface area contributed by atoms with Gasteiger partial charge in [0.25, 0.3) is 5.91 Å². The first-order valence-electron chi connectivity index (χ1n) is 7.39. The van der Waals surface area contributed by atoms with Crippen LogP contribution in [0.25, 0.3) is 0 Å². The zero-order valence-corrected chi connectivity index (χ0v) is 12.0. The molecule has 0 aromatic heterocycles. The summed E-state index contributed by atoms with van der Waals surface area (Å²) in [5, 5.41) is 0. The van der Waals surface area contributed by atoms with Crippen LogP contribution >= 0.6 is 0 Å². The topological polar surface area (TPSA) is 46.3 Å². The van der Waals surface area contributed by atoms with Crippen molar-refractivity contribution in [2.75, 3.05) is 19.6 Å². The van der Waals surface area contributed by atoms with E-state index in [4.69, 9.17) is 5.73 Å². The Hall–Kier alpha value is -2.13. The minimum absolute atomic E-state index is 0.104. The first-order valence-corrected chi connectivity index (χ1v) is 7.39. The summed E-state index contributed by atoms with van der Waals surface area (Å²) >= 11 is 0. The molecule has 2 aromatic rings. The molecule has 1 aliphatic rings. The van der Waals surface area contributed by atoms with Crippen molar-refractivity contribution in [1.29, 1.82) is 0 Å². The predicted molar refractivity (Wildman–Crippen MR) is 84.1 cm³/mol. The Morgan fingerprint density at radius 3 is 2.24 bits per heavy atom. The molecule has 0 unspecified atom stereocenters. The van der Waals surface area contributed by atoms with E-state index in [1.807, 2.05) is 53.4 Å². The minimum atomic E-state index is 0.104. The van der Waals surface area contributed by atoms with Gasteiger partial charge >= 0.3 is 0 Å². The standard InChI is InChI=1S/C18H20N2O/c19-11-16-12-20(18(21)15-9-5-2-6-10-15)13-17(16)14-7-3-1-4-8-14/h1-10,16-17H,11-13,19H2/t16-,17+/m1/s1. The van der Waals surface area contributed by atoms with Gasteiger partial charge in [-0.3, -0.25) is 4.79 Å². The van der Waals surface area contributed by atoms with Crippen molar-refractivity contribution in [2.24, 2.45) is 11.7 Å². The lowest BCUT2D eigenvalue weighted by Gasteiger charge is -2.17. The summed E-state index contributed by atoms with van der Waals surface area (Å²) in [7, 11) is 0. The third-order valence-electron chi connectivity index (χ3n) is 4.28. The highest BCUT2D eigenvalue weighted by molar-refractivity contribution is 5.94. The smallest absolute Gasteiger partial charge is 0.253 e. The number of carbonyl (C=O) groups excluding carboxylic acids is 1. The average molecular weight is 280 g/mol. The highest BCUT2D eigenvalue weighted by Gasteiger charge is 2.35. The minimum Gasteiger partial charge on any atom is -0.338 e. The van der Waals surface area contributed by atoms with Gasteiger partial charge in [-0.25, -0.2) is 0 Å². The van der Waals surface area contributed by atoms with Crippen LogP contribution in [0.5, 0.6) is 0 Å². The first kappa shape index (κ1) is 13.8. The SMILES string of the molecule is NC[C@@H]1CN(C(=O)c2ccccc2)C[C@H]1c1ccccc1. The summed E-state index contributed by atoms with van der Waals surface area (Å²) in [6.07, 6.45) is 0. The quantitative estimate of drug-likeness (QED) is 0.939. The van der Waals surface area contributed by atoms with Gasteiger partial charge in [-0.1, -0.05) is 48.5 Å². The van der Waals surface area contributed by atoms with Gasteiger partial charge in [-0.2, -0.15) is 0 Å². The maximum Gasteiger partial charge on any atom is 0.253 e. The number of likely N-dealkylation sites (tertiary alicyclic amines) is 1. The van der Waals surface area contributed by atoms with Crippen LogP contribution in [0.4, 0.5) is 0 Å². The summed E-state index contributed by atoms with van der Waals surface area (Å²) < 4.78 is 0. The van der Waals surface area contributed by atoms with E-state index in [1.165, 1.54) is 5.56 Å². The molecule has 0 saturated carbocycles. The molecule has 3 rings (SSSR count). The van der Waals surface area contributed by atoms with Crippen LogP contribution in [-0.4, -0.2) is 30.4 Å². The van der Waals surface area contributed by atoms with Crippen molar-refractivity contribution < 1.29 is 4.79 Å². The number of hydrogen-bond donors (Lipinski definition) is 1. The maximum absolute atomic E-state index is 12.6. The fraction of sp³-hybridized carbons (Fsp3) is 0.278. The molecule has 1 saturated heterocycles. The summed E-state index contributed by atoms with van der Waals surface area (Å²) in [6.45, 7) is 2.10. The summed E-state index contributed by atoms with van der Waals surface area (Å²) in [6, 6.07) is 19.8. The van der Waals surface area contributed by atoms with Crippen molar-refractivity contribution in [3.8, 4) is 0 Å². The number of rotatable bonds is 3. The second-order valence-electron chi connectivity index (χ2n) is 5.59. The second-order valence-corrected chi connectivity index (χ2v) is 5.59. The molecular weight excluding hydrogens is 260 g/mol. The van der Waals surface area contributed by atoms with E-state index in [0.717, 1.165) is 18.7 Å². The normalized spacial score (nSPS) is 21.5. The van der Waals surface area contributed by atoms with Crippen molar-refractivity contribution in [2.45, 2.75) is 5.92 Å². The average Bonchev–Trinajstić information content (AvgIpc) is 3.00. The maximum atomic E-state index is 12.6. The third kappa shape index (κ3) is 2.83. The molecule has 1 heterocycles. The van der Waals surface area contributed by atoms with Gasteiger partial charge in [-0.05, 0) is 30.2 Å². The Morgan fingerprint density at radius 1 is 1.00 bits per heavy atom. The molecule has 2 N–H and O–H groups in total. The highest BCUT2D eigenvalue weighted by Crippen LogP contribution is 2.32. The zero-order valence-electron chi connectivity index (χ0n) is 12.0. The predicted octanol–water partition coefficient (Wildman–Crippen LogP) is 2.50. The summed E-state index contributed by atoms with van der Waals surface area (Å²) in [4.78, 5) is 14.5. The monoisotopic (exact) mass is 280 g/mol. The molecule has 108 valence electrons. The van der Waals surface area contributed by atoms with Gasteiger partial charge in [0.1, 0.15) is 0 Å². The summed E-state index contributed by atoms with van der Waals surface area (Å²) in [5.74, 6) is 0.774. The Labute approximate surface area is 125 Å². The fourth-order valence-corrected chi connectivity index (χ4v) is 3.12. The Kier molecular flexibility index (Phi) is 4.02. The number of amides is 1. The fourth-order valence-electron chi connectivity index (χ4n) is 3.12. The van der Waals surface area contributed by atoms with E-state index in [-0.39, 0.29) is 5.91 Å². The third-order valence-corrected chi connectivity index (χ3v) is 4.28. The Morgan fingerprint density at radius 2 is 1.62 bits per heavy atom. The van der Waals surface area contributed by atoms with E-state index in [0.29, 0.717) is 18.4 Å². The van der Waals surface area contributed by atoms with Crippen LogP contribution in [0.1, 0.15) is 21.8 Å². The molecule has 0 radical (unpaired) electrons. The molecule has 1 aliphatic heterocycles. The molecule has 0 aliphatic carbocycles. The van der Waals surface area contributed by atoms with E-state index >= 15 is 0 Å². The zero-order chi connectivity index (χ0) is 14.7. The van der Waals surface area contributed by atoms with Crippen LogP contribution in [0.15, 0.2) is 60.7 Å². The molecule has 0 bridgehead atoms. The van der Waals surface area contributed by atoms with E-state index in [1.54, 1.807) is 0 Å². The summed E-state index contributed by atoms with van der Waals surface area (Å²) in [5.41, 5.74) is 7.95. The number of nitrogens with two attached hydrogens (primary N) is 1. The van der Waals surface area contributed by atoms with Crippen LogP contribution < -0.4 is 5.73 Å². The lowest BCUT2D eigenvalue weighted by Crippen LogP contribution is -2.29. The number of benzene rings is 2. The van der Waals surface area contributed by atoms with Gasteiger partial charge in [0, 0.05) is 24.6 Å². The lowest BCUT2D eigenvalue weighted by molar-refractivity contribution is 0.0786. The number of carbonyl (C=O) groups is 1. The van der Waals surface area contributed by atoms with Crippen molar-refractivity contribution in [3.05, 3.63) is 71.8 Å². The highest BCUT2D eigenvalue weighted by atomic mass is 16.2. The van der Waals surface area contributed by atoms with Crippen molar-refractivity contribution >= 4 is 5.91 Å². The van der Waals surface area contributed by atoms with Gasteiger partial charge in [0.2, 0.25) is 0 Å². The van der Waals surface area contributed by atoms with Crippen LogP contribution in [0.3, 0.4) is 0 Å². The van der Waals surface area contributed by atoms with Gasteiger partial charge in [0.05, 0.1) is 0 Å². The molecular formula is C18H20N2O. The number of hydrogen-bond acceptors (Lipinski definition) is 2.